The predicted octanol–water partition coefficient (Wildman–Crippen LogP) is 1.75. The van der Waals surface area contributed by atoms with Crippen LogP contribution in [0.3, 0.4) is 0 Å². The molecule has 0 radical (unpaired) electrons. The second kappa shape index (κ2) is 3.70. The minimum atomic E-state index is 0.454. The SMILES string of the molecule is CC(C)C1=NCN=CN1C(C)C. The molecule has 1 aliphatic rings. The third-order valence-electron chi connectivity index (χ3n) is 1.86. The molecule has 0 unspecified atom stereocenters. The van der Waals surface area contributed by atoms with Gasteiger partial charge in [0.2, 0.25) is 0 Å². The van der Waals surface area contributed by atoms with E-state index in [1.54, 1.807) is 0 Å². The van der Waals surface area contributed by atoms with Crippen molar-refractivity contribution in [1.82, 2.24) is 4.90 Å². The Balaban J connectivity index is 2.76. The van der Waals surface area contributed by atoms with E-state index in [0.29, 0.717) is 18.6 Å². The van der Waals surface area contributed by atoms with E-state index in [-0.39, 0.29) is 0 Å². The van der Waals surface area contributed by atoms with Crippen molar-refractivity contribution in [3.8, 4) is 0 Å². The molecule has 3 nitrogen and oxygen atoms in total. The van der Waals surface area contributed by atoms with Crippen LogP contribution < -0.4 is 0 Å². The average Bonchev–Trinajstić information content (AvgIpc) is 2.04. The third-order valence-corrected chi connectivity index (χ3v) is 1.86. The maximum Gasteiger partial charge on any atom is 0.133 e. The highest BCUT2D eigenvalue weighted by Crippen LogP contribution is 2.09. The van der Waals surface area contributed by atoms with Crippen molar-refractivity contribution < 1.29 is 0 Å². The van der Waals surface area contributed by atoms with Gasteiger partial charge in [-0.15, -0.1) is 0 Å². The molecule has 0 saturated heterocycles. The summed E-state index contributed by atoms with van der Waals surface area (Å²) in [4.78, 5) is 10.6. The normalized spacial score (nSPS) is 17.5. The zero-order chi connectivity index (χ0) is 9.14. The van der Waals surface area contributed by atoms with Crippen molar-refractivity contribution >= 4 is 12.2 Å². The largest absolute Gasteiger partial charge is 0.318 e. The van der Waals surface area contributed by atoms with Crippen LogP contribution in [0.2, 0.25) is 0 Å². The van der Waals surface area contributed by atoms with Crippen molar-refractivity contribution in [3.63, 3.8) is 0 Å². The molecular weight excluding hydrogens is 150 g/mol. The molecule has 0 aromatic heterocycles. The first-order valence-electron chi connectivity index (χ1n) is 4.45. The fourth-order valence-corrected chi connectivity index (χ4v) is 1.26. The van der Waals surface area contributed by atoms with E-state index in [1.165, 1.54) is 0 Å². The maximum absolute atomic E-state index is 4.38. The molecule has 12 heavy (non-hydrogen) atoms. The molecule has 0 aromatic rings. The number of aliphatic imine (C=N–C) groups is 2. The lowest BCUT2D eigenvalue weighted by Crippen LogP contribution is -2.40. The van der Waals surface area contributed by atoms with Gasteiger partial charge in [0, 0.05) is 12.0 Å². The highest BCUT2D eigenvalue weighted by molar-refractivity contribution is 5.94. The van der Waals surface area contributed by atoms with Crippen LogP contribution in [-0.4, -0.2) is 29.8 Å². The fraction of sp³-hybridized carbons (Fsp3) is 0.778. The summed E-state index contributed by atoms with van der Waals surface area (Å²) in [5.41, 5.74) is 0. The lowest BCUT2D eigenvalue weighted by atomic mass is 10.1. The van der Waals surface area contributed by atoms with E-state index in [4.69, 9.17) is 0 Å². The van der Waals surface area contributed by atoms with Crippen molar-refractivity contribution in [2.75, 3.05) is 6.67 Å². The molecule has 0 fully saturated rings. The molecule has 0 saturated carbocycles. The summed E-state index contributed by atoms with van der Waals surface area (Å²) in [6.45, 7) is 9.21. The molecule has 1 aliphatic heterocycles. The summed E-state index contributed by atoms with van der Waals surface area (Å²) in [5.74, 6) is 1.64. The van der Waals surface area contributed by atoms with Crippen LogP contribution in [0.15, 0.2) is 9.98 Å². The van der Waals surface area contributed by atoms with E-state index in [1.807, 2.05) is 6.34 Å². The van der Waals surface area contributed by atoms with Gasteiger partial charge in [-0.2, -0.15) is 0 Å². The minimum Gasteiger partial charge on any atom is -0.318 e. The second-order valence-corrected chi connectivity index (χ2v) is 3.61. The Morgan fingerprint density at radius 2 is 2.00 bits per heavy atom. The molecule has 0 aromatic carbocycles. The van der Waals surface area contributed by atoms with Crippen molar-refractivity contribution in [2.24, 2.45) is 15.9 Å². The summed E-state index contributed by atoms with van der Waals surface area (Å²) in [6, 6.07) is 0.454. The Morgan fingerprint density at radius 1 is 1.33 bits per heavy atom. The van der Waals surface area contributed by atoms with Gasteiger partial charge in [0.15, 0.2) is 0 Å². The van der Waals surface area contributed by atoms with E-state index >= 15 is 0 Å². The smallest absolute Gasteiger partial charge is 0.133 e. The molecule has 0 atom stereocenters. The van der Waals surface area contributed by atoms with Gasteiger partial charge in [0.1, 0.15) is 12.5 Å². The lowest BCUT2D eigenvalue weighted by Gasteiger charge is -2.29. The molecular formula is C9H17N3. The molecule has 0 amide bonds. The molecule has 0 aliphatic carbocycles. The first kappa shape index (κ1) is 9.23. The first-order chi connectivity index (χ1) is 5.63. The Morgan fingerprint density at radius 3 is 2.42 bits per heavy atom. The second-order valence-electron chi connectivity index (χ2n) is 3.61. The van der Waals surface area contributed by atoms with Crippen molar-refractivity contribution in [2.45, 2.75) is 33.7 Å². The Kier molecular flexibility index (Phi) is 2.84. The van der Waals surface area contributed by atoms with Crippen molar-refractivity contribution in [3.05, 3.63) is 0 Å². The Labute approximate surface area is 74.2 Å². The summed E-state index contributed by atoms with van der Waals surface area (Å²) < 4.78 is 0. The molecule has 68 valence electrons. The van der Waals surface area contributed by atoms with Crippen LogP contribution >= 0.6 is 0 Å². The third kappa shape index (κ3) is 1.84. The van der Waals surface area contributed by atoms with Crippen LogP contribution in [0.25, 0.3) is 0 Å². The minimum absolute atomic E-state index is 0.454. The van der Waals surface area contributed by atoms with Crippen LogP contribution in [0.5, 0.6) is 0 Å². The zero-order valence-corrected chi connectivity index (χ0v) is 8.28. The number of amidine groups is 1. The summed E-state index contributed by atoms with van der Waals surface area (Å²) in [7, 11) is 0. The van der Waals surface area contributed by atoms with E-state index in [2.05, 4.69) is 42.6 Å². The summed E-state index contributed by atoms with van der Waals surface area (Å²) in [5, 5.41) is 0. The van der Waals surface area contributed by atoms with E-state index in [0.717, 1.165) is 5.84 Å². The fourth-order valence-electron chi connectivity index (χ4n) is 1.26. The van der Waals surface area contributed by atoms with Gasteiger partial charge in [0.25, 0.3) is 0 Å². The van der Waals surface area contributed by atoms with Gasteiger partial charge < -0.3 is 4.90 Å². The number of rotatable bonds is 2. The zero-order valence-electron chi connectivity index (χ0n) is 8.28. The molecule has 0 spiro atoms. The summed E-state index contributed by atoms with van der Waals surface area (Å²) in [6.07, 6.45) is 1.90. The topological polar surface area (TPSA) is 28.0 Å². The first-order valence-corrected chi connectivity index (χ1v) is 4.45. The molecule has 3 heteroatoms. The van der Waals surface area contributed by atoms with Gasteiger partial charge in [-0.1, -0.05) is 13.8 Å². The molecule has 1 heterocycles. The molecule has 0 bridgehead atoms. The maximum atomic E-state index is 4.38. The van der Waals surface area contributed by atoms with Gasteiger partial charge in [-0.3, -0.25) is 4.99 Å². The van der Waals surface area contributed by atoms with Crippen LogP contribution in [0, 0.1) is 5.92 Å². The predicted molar refractivity (Wildman–Crippen MR) is 52.6 cm³/mol. The monoisotopic (exact) mass is 167 g/mol. The Hall–Kier alpha value is -0.860. The number of nitrogens with zero attached hydrogens (tertiary/aromatic N) is 3. The van der Waals surface area contributed by atoms with E-state index < -0.39 is 0 Å². The standard InChI is InChI=1S/C9H17N3/c1-7(2)9-11-5-10-6-12(9)8(3)4/h6-8H,5H2,1-4H3. The highest BCUT2D eigenvalue weighted by Gasteiger charge is 2.17. The summed E-state index contributed by atoms with van der Waals surface area (Å²) >= 11 is 0. The average molecular weight is 167 g/mol. The van der Waals surface area contributed by atoms with Gasteiger partial charge in [-0.05, 0) is 13.8 Å². The Bertz CT molecular complexity index is 204. The van der Waals surface area contributed by atoms with E-state index in [9.17, 15) is 0 Å². The molecule has 1 rings (SSSR count). The number of hydrogen-bond acceptors (Lipinski definition) is 3. The van der Waals surface area contributed by atoms with Crippen LogP contribution in [-0.2, 0) is 0 Å². The number of hydrogen-bond donors (Lipinski definition) is 0. The molecule has 0 N–H and O–H groups in total. The van der Waals surface area contributed by atoms with Crippen LogP contribution in [0.1, 0.15) is 27.7 Å². The lowest BCUT2D eigenvalue weighted by molar-refractivity contribution is 0.477. The quantitative estimate of drug-likeness (QED) is 0.615. The van der Waals surface area contributed by atoms with Gasteiger partial charge in [0.05, 0.1) is 6.34 Å². The van der Waals surface area contributed by atoms with Crippen molar-refractivity contribution in [1.29, 1.82) is 0 Å². The van der Waals surface area contributed by atoms with Crippen LogP contribution in [0.4, 0.5) is 0 Å². The van der Waals surface area contributed by atoms with Gasteiger partial charge >= 0.3 is 0 Å². The highest BCUT2D eigenvalue weighted by atomic mass is 15.3. The van der Waals surface area contributed by atoms with Gasteiger partial charge in [-0.25, -0.2) is 4.99 Å².